The van der Waals surface area contributed by atoms with Crippen LogP contribution in [0.2, 0.25) is 0 Å². The van der Waals surface area contributed by atoms with Crippen molar-refractivity contribution in [1.82, 2.24) is 4.98 Å². The van der Waals surface area contributed by atoms with E-state index in [4.69, 9.17) is 11.5 Å². The Balaban J connectivity index is 2.98. The highest BCUT2D eigenvalue weighted by molar-refractivity contribution is 7.16. The molecule has 1 aromatic rings. The Morgan fingerprint density at radius 2 is 2.22 bits per heavy atom. The van der Waals surface area contributed by atoms with E-state index in [1.54, 1.807) is 0 Å². The standard InChI is InChI=1S/C5H9N3S/c1-2-3-8-4(6)5(7)9-3/h2,6-7H2,1H3. The Hall–Kier alpha value is -0.770. The minimum Gasteiger partial charge on any atom is -0.388 e. The van der Waals surface area contributed by atoms with Crippen molar-refractivity contribution in [1.29, 1.82) is 0 Å². The first-order valence-electron chi connectivity index (χ1n) is 2.74. The molecule has 50 valence electrons. The van der Waals surface area contributed by atoms with Crippen LogP contribution in [0.1, 0.15) is 11.9 Å². The monoisotopic (exact) mass is 143 g/mol. The van der Waals surface area contributed by atoms with Crippen LogP contribution in [0.25, 0.3) is 0 Å². The summed E-state index contributed by atoms with van der Waals surface area (Å²) in [5, 5.41) is 1.64. The summed E-state index contributed by atoms with van der Waals surface area (Å²) in [5.41, 5.74) is 10.8. The largest absolute Gasteiger partial charge is 0.388 e. The van der Waals surface area contributed by atoms with Gasteiger partial charge < -0.3 is 11.5 Å². The molecule has 1 heterocycles. The summed E-state index contributed by atoms with van der Waals surface area (Å²) in [6.07, 6.45) is 0.909. The minimum atomic E-state index is 0.469. The van der Waals surface area contributed by atoms with Crippen molar-refractivity contribution >= 4 is 22.2 Å². The van der Waals surface area contributed by atoms with Crippen LogP contribution in [-0.2, 0) is 6.42 Å². The van der Waals surface area contributed by atoms with Gasteiger partial charge in [0.05, 0.1) is 5.01 Å². The van der Waals surface area contributed by atoms with Gasteiger partial charge in [-0.25, -0.2) is 4.98 Å². The number of rotatable bonds is 1. The molecule has 0 atom stereocenters. The molecule has 0 aliphatic rings. The molecule has 0 saturated carbocycles. The molecule has 1 aromatic heterocycles. The van der Waals surface area contributed by atoms with Gasteiger partial charge in [-0.2, -0.15) is 0 Å². The molecule has 3 nitrogen and oxygen atoms in total. The fraction of sp³-hybridized carbons (Fsp3) is 0.400. The summed E-state index contributed by atoms with van der Waals surface area (Å²) in [5.74, 6) is 0.469. The van der Waals surface area contributed by atoms with Crippen LogP contribution in [0, 0.1) is 0 Å². The maximum Gasteiger partial charge on any atom is 0.158 e. The lowest BCUT2D eigenvalue weighted by Crippen LogP contribution is -1.89. The van der Waals surface area contributed by atoms with Gasteiger partial charge >= 0.3 is 0 Å². The molecule has 0 aliphatic carbocycles. The third kappa shape index (κ3) is 1.13. The Labute approximate surface area is 57.7 Å². The Kier molecular flexibility index (Phi) is 1.57. The Morgan fingerprint density at radius 3 is 2.44 bits per heavy atom. The maximum absolute atomic E-state index is 5.45. The second kappa shape index (κ2) is 2.23. The molecule has 4 heteroatoms. The second-order valence-corrected chi connectivity index (χ2v) is 2.83. The molecule has 0 aliphatic heterocycles. The Morgan fingerprint density at radius 1 is 1.56 bits per heavy atom. The molecule has 0 bridgehead atoms. The van der Waals surface area contributed by atoms with Crippen molar-refractivity contribution in [3.8, 4) is 0 Å². The normalized spacial score (nSPS) is 9.89. The maximum atomic E-state index is 5.45. The number of thiazole rings is 1. The summed E-state index contributed by atoms with van der Waals surface area (Å²) in [6, 6.07) is 0. The number of aromatic nitrogens is 1. The Bertz CT molecular complexity index is 186. The van der Waals surface area contributed by atoms with E-state index in [1.807, 2.05) is 6.92 Å². The lowest BCUT2D eigenvalue weighted by atomic mass is 10.5. The van der Waals surface area contributed by atoms with Crippen LogP contribution in [0.15, 0.2) is 0 Å². The van der Waals surface area contributed by atoms with Crippen LogP contribution in [0.3, 0.4) is 0 Å². The van der Waals surface area contributed by atoms with Gasteiger partial charge in [-0.1, -0.05) is 18.3 Å². The summed E-state index contributed by atoms with van der Waals surface area (Å²) >= 11 is 1.46. The van der Waals surface area contributed by atoms with E-state index in [2.05, 4.69) is 4.98 Å². The second-order valence-electron chi connectivity index (χ2n) is 1.71. The molecule has 9 heavy (non-hydrogen) atoms. The van der Waals surface area contributed by atoms with Crippen LogP contribution in [0.4, 0.5) is 10.8 Å². The zero-order valence-electron chi connectivity index (χ0n) is 5.22. The molecule has 0 spiro atoms. The number of nitrogens with zero attached hydrogens (tertiary/aromatic N) is 1. The summed E-state index contributed by atoms with van der Waals surface area (Å²) in [6.45, 7) is 2.03. The van der Waals surface area contributed by atoms with Gasteiger partial charge in [-0.3, -0.25) is 0 Å². The van der Waals surface area contributed by atoms with Crippen LogP contribution in [0.5, 0.6) is 0 Å². The first-order valence-corrected chi connectivity index (χ1v) is 3.56. The molecular formula is C5H9N3S. The van der Waals surface area contributed by atoms with Gasteiger partial charge in [0.2, 0.25) is 0 Å². The number of aryl methyl sites for hydroxylation is 1. The van der Waals surface area contributed by atoms with E-state index < -0.39 is 0 Å². The van der Waals surface area contributed by atoms with Gasteiger partial charge in [0.1, 0.15) is 5.00 Å². The SMILES string of the molecule is CCc1nc(N)c(N)s1. The van der Waals surface area contributed by atoms with Crippen molar-refractivity contribution in [3.05, 3.63) is 5.01 Å². The average Bonchev–Trinajstić information content (AvgIpc) is 2.13. The topological polar surface area (TPSA) is 64.9 Å². The third-order valence-electron chi connectivity index (χ3n) is 1.03. The summed E-state index contributed by atoms with van der Waals surface area (Å²) in [7, 11) is 0. The van der Waals surface area contributed by atoms with Crippen molar-refractivity contribution in [2.75, 3.05) is 11.5 Å². The highest BCUT2D eigenvalue weighted by Gasteiger charge is 2.00. The van der Waals surface area contributed by atoms with Gasteiger partial charge in [0.25, 0.3) is 0 Å². The smallest absolute Gasteiger partial charge is 0.158 e. The van der Waals surface area contributed by atoms with Crippen molar-refractivity contribution in [2.24, 2.45) is 0 Å². The number of nitrogens with two attached hydrogens (primary N) is 2. The molecule has 4 N–H and O–H groups in total. The third-order valence-corrected chi connectivity index (χ3v) is 2.07. The summed E-state index contributed by atoms with van der Waals surface area (Å²) in [4.78, 5) is 4.00. The zero-order chi connectivity index (χ0) is 6.85. The average molecular weight is 143 g/mol. The number of nitrogen functional groups attached to an aromatic ring is 2. The first kappa shape index (κ1) is 6.35. The van der Waals surface area contributed by atoms with Crippen LogP contribution >= 0.6 is 11.3 Å². The highest BCUT2D eigenvalue weighted by atomic mass is 32.1. The fourth-order valence-electron chi connectivity index (χ4n) is 0.543. The lowest BCUT2D eigenvalue weighted by Gasteiger charge is -1.80. The predicted molar refractivity (Wildman–Crippen MR) is 40.3 cm³/mol. The van der Waals surface area contributed by atoms with Gasteiger partial charge in [-0.15, -0.1) is 0 Å². The molecule has 0 unspecified atom stereocenters. The van der Waals surface area contributed by atoms with E-state index >= 15 is 0 Å². The number of anilines is 2. The predicted octanol–water partition coefficient (Wildman–Crippen LogP) is 0.870. The molecule has 0 fully saturated rings. The molecule has 0 saturated heterocycles. The van der Waals surface area contributed by atoms with E-state index in [9.17, 15) is 0 Å². The van der Waals surface area contributed by atoms with E-state index in [0.29, 0.717) is 10.8 Å². The van der Waals surface area contributed by atoms with Gasteiger partial charge in [-0.05, 0) is 6.42 Å². The van der Waals surface area contributed by atoms with Crippen LogP contribution in [-0.4, -0.2) is 4.98 Å². The van der Waals surface area contributed by atoms with Gasteiger partial charge in [0, 0.05) is 0 Å². The zero-order valence-corrected chi connectivity index (χ0v) is 6.03. The quantitative estimate of drug-likeness (QED) is 0.613. The molecular weight excluding hydrogens is 134 g/mol. The fourth-order valence-corrected chi connectivity index (χ4v) is 1.24. The summed E-state index contributed by atoms with van der Waals surface area (Å²) < 4.78 is 0. The van der Waals surface area contributed by atoms with Crippen molar-refractivity contribution in [2.45, 2.75) is 13.3 Å². The van der Waals surface area contributed by atoms with Crippen molar-refractivity contribution < 1.29 is 0 Å². The van der Waals surface area contributed by atoms with E-state index in [1.165, 1.54) is 11.3 Å². The number of hydrogen-bond acceptors (Lipinski definition) is 4. The lowest BCUT2D eigenvalue weighted by molar-refractivity contribution is 1.10. The first-order chi connectivity index (χ1) is 4.24. The molecule has 0 amide bonds. The highest BCUT2D eigenvalue weighted by Crippen LogP contribution is 2.22. The molecule has 0 aromatic carbocycles. The van der Waals surface area contributed by atoms with E-state index in [0.717, 1.165) is 11.4 Å². The van der Waals surface area contributed by atoms with Gasteiger partial charge in [0.15, 0.2) is 5.82 Å². The number of hydrogen-bond donors (Lipinski definition) is 2. The molecule has 1 rings (SSSR count). The van der Waals surface area contributed by atoms with E-state index in [-0.39, 0.29) is 0 Å². The van der Waals surface area contributed by atoms with Crippen LogP contribution < -0.4 is 11.5 Å². The minimum absolute atomic E-state index is 0.469. The molecule has 0 radical (unpaired) electrons. The van der Waals surface area contributed by atoms with Crippen molar-refractivity contribution in [3.63, 3.8) is 0 Å².